The normalized spacial score (nSPS) is 23.5. The maximum atomic E-state index is 13.8. The lowest BCUT2D eigenvalue weighted by atomic mass is 9.86. The van der Waals surface area contributed by atoms with Gasteiger partial charge < -0.3 is 40.3 Å². The van der Waals surface area contributed by atoms with Gasteiger partial charge in [-0.25, -0.2) is 9.48 Å². The molecule has 4 aromatic rings. The van der Waals surface area contributed by atoms with Crippen LogP contribution in [-0.4, -0.2) is 141 Å². The zero-order chi connectivity index (χ0) is 47.9. The Hall–Kier alpha value is -6.26. The lowest BCUT2D eigenvalue weighted by Gasteiger charge is -2.44. The number of para-hydroxylation sites is 1. The van der Waals surface area contributed by atoms with Crippen LogP contribution in [0.2, 0.25) is 0 Å². The van der Waals surface area contributed by atoms with Crippen molar-refractivity contribution in [3.63, 3.8) is 0 Å². The number of hydrogen-bond acceptors (Lipinski definition) is 10. The molecule has 0 bridgehead atoms. The van der Waals surface area contributed by atoms with Gasteiger partial charge in [-0.15, -0.1) is 0 Å². The van der Waals surface area contributed by atoms with Crippen molar-refractivity contribution in [2.75, 3.05) is 70.8 Å². The number of amides is 6. The van der Waals surface area contributed by atoms with E-state index in [4.69, 9.17) is 15.6 Å². The summed E-state index contributed by atoms with van der Waals surface area (Å²) >= 11 is 0. The molecule has 368 valence electrons. The van der Waals surface area contributed by atoms with Crippen molar-refractivity contribution in [1.29, 1.82) is 0 Å². The molecule has 0 radical (unpaired) electrons. The first-order valence-corrected chi connectivity index (χ1v) is 25.9. The average Bonchev–Trinajstić information content (AvgIpc) is 3.95. The predicted molar refractivity (Wildman–Crippen MR) is 264 cm³/mol. The Morgan fingerprint density at radius 3 is 2.14 bits per heavy atom. The van der Waals surface area contributed by atoms with Gasteiger partial charge in [-0.3, -0.25) is 24.5 Å². The third kappa shape index (κ3) is 9.39. The molecule has 2 unspecified atom stereocenters. The Balaban J connectivity index is 0.609. The fraction of sp³-hybridized carbons (Fsp3) is 0.519. The van der Waals surface area contributed by atoms with E-state index in [1.54, 1.807) is 4.90 Å². The molecule has 16 heteroatoms. The van der Waals surface area contributed by atoms with E-state index in [2.05, 4.69) is 47.0 Å². The summed E-state index contributed by atoms with van der Waals surface area (Å²) in [5.74, 6) is 2.40. The molecule has 2 atom stereocenters. The molecule has 0 saturated carbocycles. The molecule has 7 aliphatic rings. The van der Waals surface area contributed by atoms with Crippen LogP contribution in [0.15, 0.2) is 72.8 Å². The Labute approximate surface area is 409 Å². The minimum Gasteiger partial charge on any atom is -0.457 e. The van der Waals surface area contributed by atoms with Gasteiger partial charge in [-0.1, -0.05) is 30.3 Å². The van der Waals surface area contributed by atoms with Gasteiger partial charge in [0.05, 0.1) is 6.04 Å². The first kappa shape index (κ1) is 46.1. The molecule has 6 amide bonds. The van der Waals surface area contributed by atoms with E-state index in [0.29, 0.717) is 59.3 Å². The highest BCUT2D eigenvalue weighted by molar-refractivity contribution is 6.05. The number of carbonyl (C=O) groups excluding carboxylic acids is 5. The molecule has 16 nitrogen and oxygen atoms in total. The molecule has 8 heterocycles. The molecule has 70 heavy (non-hydrogen) atoms. The number of likely N-dealkylation sites (tertiary alicyclic amines) is 4. The molecule has 7 aliphatic heterocycles. The second-order valence-corrected chi connectivity index (χ2v) is 20.8. The first-order chi connectivity index (χ1) is 34.1. The summed E-state index contributed by atoms with van der Waals surface area (Å²) in [7, 11) is 0. The monoisotopic (exact) mass is 951 g/mol. The minimum atomic E-state index is -0.596. The number of nitrogens with one attached hydrogen (secondary N) is 2. The Bertz CT molecular complexity index is 2590. The minimum absolute atomic E-state index is 0.124. The van der Waals surface area contributed by atoms with Gasteiger partial charge in [-0.2, -0.15) is 5.10 Å². The lowest BCUT2D eigenvalue weighted by molar-refractivity contribution is -0.136. The number of carbonyl (C=O) groups is 5. The maximum Gasteiger partial charge on any atom is 0.319 e. The number of imide groups is 1. The summed E-state index contributed by atoms with van der Waals surface area (Å²) in [4.78, 5) is 75.2. The summed E-state index contributed by atoms with van der Waals surface area (Å²) in [5, 5.41) is 10.9. The number of rotatable bonds is 10. The lowest BCUT2D eigenvalue weighted by Crippen LogP contribution is -2.53. The Morgan fingerprint density at radius 2 is 1.44 bits per heavy atom. The van der Waals surface area contributed by atoms with Gasteiger partial charge in [-0.05, 0) is 162 Å². The molecule has 5 fully saturated rings. The van der Waals surface area contributed by atoms with E-state index in [0.717, 1.165) is 146 Å². The fourth-order valence-electron chi connectivity index (χ4n) is 12.7. The zero-order valence-corrected chi connectivity index (χ0v) is 40.1. The van der Waals surface area contributed by atoms with Crippen molar-refractivity contribution < 1.29 is 28.7 Å². The van der Waals surface area contributed by atoms with E-state index in [-0.39, 0.29) is 36.2 Å². The quantitative estimate of drug-likeness (QED) is 0.150. The summed E-state index contributed by atoms with van der Waals surface area (Å²) in [6.45, 7) is 9.65. The third-order valence-corrected chi connectivity index (χ3v) is 16.7. The van der Waals surface area contributed by atoms with E-state index in [9.17, 15) is 24.0 Å². The number of hydrogen-bond donors (Lipinski definition) is 3. The number of anilines is 1. The number of nitrogens with two attached hydrogens (primary N) is 1. The van der Waals surface area contributed by atoms with Crippen molar-refractivity contribution in [2.24, 2.45) is 17.6 Å². The molecule has 0 aliphatic carbocycles. The van der Waals surface area contributed by atoms with Crippen molar-refractivity contribution >= 4 is 35.5 Å². The molecule has 11 rings (SSSR count). The van der Waals surface area contributed by atoms with Gasteiger partial charge in [0.25, 0.3) is 11.8 Å². The number of nitrogens with zero attached hydrogens (tertiary/aromatic N) is 7. The first-order valence-electron chi connectivity index (χ1n) is 25.9. The van der Waals surface area contributed by atoms with Gasteiger partial charge in [0.2, 0.25) is 11.8 Å². The molecular formula is C54H66N10O6. The zero-order valence-electron chi connectivity index (χ0n) is 40.1. The summed E-state index contributed by atoms with van der Waals surface area (Å²) in [6, 6.07) is 23.8. The second-order valence-electron chi connectivity index (χ2n) is 20.8. The number of primary amides is 1. The standard InChI is InChI=1S/C54H66N10O6/c55-50(66)48-49(38-6-9-43(10-7-38)70-42-4-2-1-3-5-42)58-64-45(14-23-56-51(48)64)37-17-24-59(25-18-37)33-35-15-26-61(27-16-35)54(69)62-30-21-41(22-31-62)60-28-19-36(20-29-60)39-8-11-44-40(32-39)34-63(53(44)68)46-12-13-47(65)57-52(46)67/h1-11,32,35-37,41,45-46,56H,12-31,33-34H2,(H2,55,66)(H,57,65,67). The third-order valence-electron chi connectivity index (χ3n) is 16.7. The highest BCUT2D eigenvalue weighted by Crippen LogP contribution is 2.41. The van der Waals surface area contributed by atoms with E-state index < -0.39 is 11.9 Å². The number of piperidine rings is 5. The highest BCUT2D eigenvalue weighted by Gasteiger charge is 2.41. The highest BCUT2D eigenvalue weighted by atomic mass is 16.5. The van der Waals surface area contributed by atoms with Crippen LogP contribution in [0.1, 0.15) is 114 Å². The molecule has 1 aromatic heterocycles. The number of urea groups is 1. The van der Waals surface area contributed by atoms with Crippen molar-refractivity contribution in [2.45, 2.75) is 101 Å². The van der Waals surface area contributed by atoms with Gasteiger partial charge >= 0.3 is 6.03 Å². The van der Waals surface area contributed by atoms with E-state index >= 15 is 0 Å². The van der Waals surface area contributed by atoms with Crippen LogP contribution >= 0.6 is 0 Å². The largest absolute Gasteiger partial charge is 0.457 e. The molecule has 3 aromatic carbocycles. The summed E-state index contributed by atoms with van der Waals surface area (Å²) in [6.07, 6.45) is 9.94. The average molecular weight is 951 g/mol. The van der Waals surface area contributed by atoms with Crippen LogP contribution < -0.4 is 21.1 Å². The number of ether oxygens (including phenoxy) is 1. The predicted octanol–water partition coefficient (Wildman–Crippen LogP) is 6.45. The Kier molecular flexibility index (Phi) is 13.1. The molecule has 4 N–H and O–H groups in total. The van der Waals surface area contributed by atoms with Crippen LogP contribution in [0.5, 0.6) is 11.5 Å². The molecule has 5 saturated heterocycles. The number of benzene rings is 3. The Morgan fingerprint density at radius 1 is 0.743 bits per heavy atom. The van der Waals surface area contributed by atoms with Crippen LogP contribution in [0, 0.1) is 11.8 Å². The number of aromatic nitrogens is 2. The van der Waals surface area contributed by atoms with Crippen molar-refractivity contribution in [3.05, 3.63) is 95.1 Å². The fourth-order valence-corrected chi connectivity index (χ4v) is 12.7. The smallest absolute Gasteiger partial charge is 0.319 e. The molecule has 0 spiro atoms. The van der Waals surface area contributed by atoms with Crippen LogP contribution in [0.4, 0.5) is 10.6 Å². The van der Waals surface area contributed by atoms with Crippen LogP contribution in [-0.2, 0) is 16.1 Å². The van der Waals surface area contributed by atoms with Gasteiger partial charge in [0.1, 0.15) is 34.6 Å². The SMILES string of the molecule is NC(=O)c1c(-c2ccc(Oc3ccccc3)cc2)nn2c1NCCC2C1CCN(CC2CCN(C(=O)N3CCC(N4CCC(c5ccc6c(c5)CN(C5CCC(=O)NC5=O)C6=O)CC4)CC3)CC2)CC1. The van der Waals surface area contributed by atoms with E-state index in [1.165, 1.54) is 5.56 Å². The maximum absolute atomic E-state index is 13.8. The second kappa shape index (κ2) is 19.9. The molecular weight excluding hydrogens is 885 g/mol. The van der Waals surface area contributed by atoms with E-state index in [1.807, 2.05) is 60.7 Å². The van der Waals surface area contributed by atoms with Crippen LogP contribution in [0.25, 0.3) is 11.3 Å². The van der Waals surface area contributed by atoms with Crippen molar-refractivity contribution in [1.82, 2.24) is 39.6 Å². The van der Waals surface area contributed by atoms with Gasteiger partial charge in [0.15, 0.2) is 0 Å². The van der Waals surface area contributed by atoms with Gasteiger partial charge in [0, 0.05) is 69.4 Å². The number of fused-ring (bicyclic) bond motifs is 2. The summed E-state index contributed by atoms with van der Waals surface area (Å²) in [5.41, 5.74) is 10.8. The van der Waals surface area contributed by atoms with Crippen LogP contribution in [0.3, 0.4) is 0 Å². The van der Waals surface area contributed by atoms with Crippen molar-refractivity contribution in [3.8, 4) is 22.8 Å². The summed E-state index contributed by atoms with van der Waals surface area (Å²) < 4.78 is 8.06. The topological polar surface area (TPSA) is 179 Å².